The highest BCUT2D eigenvalue weighted by Crippen LogP contribution is 2.48. The van der Waals surface area contributed by atoms with Gasteiger partial charge in [0.1, 0.15) is 11.5 Å². The van der Waals surface area contributed by atoms with Crippen molar-refractivity contribution >= 4 is 123 Å². The maximum atomic E-state index is 7.08. The zero-order valence-electron chi connectivity index (χ0n) is 30.8. The number of thiophene rings is 1. The van der Waals surface area contributed by atoms with Crippen molar-refractivity contribution < 1.29 is 4.74 Å². The number of rotatable bonds is 5. The van der Waals surface area contributed by atoms with Crippen molar-refractivity contribution in [3.05, 3.63) is 182 Å². The molecule has 12 rings (SSSR count). The van der Waals surface area contributed by atoms with Crippen molar-refractivity contribution in [2.24, 2.45) is 4.99 Å². The molecule has 2 aliphatic heterocycles. The predicted octanol–water partition coefficient (Wildman–Crippen LogP) is 12.6. The van der Waals surface area contributed by atoms with Gasteiger partial charge >= 0.3 is 0 Å². The van der Waals surface area contributed by atoms with Crippen LogP contribution in [0.1, 0.15) is 0 Å². The van der Waals surface area contributed by atoms with Crippen molar-refractivity contribution in [1.82, 2.24) is 0 Å². The molecule has 6 heteroatoms. The third-order valence-electron chi connectivity index (χ3n) is 11.7. The van der Waals surface area contributed by atoms with E-state index >= 15 is 0 Å². The van der Waals surface area contributed by atoms with Gasteiger partial charge in [0.15, 0.2) is 0 Å². The van der Waals surface area contributed by atoms with Gasteiger partial charge in [-0.15, -0.1) is 11.3 Å². The summed E-state index contributed by atoms with van der Waals surface area (Å²) in [6.45, 7) is 3.71. The molecule has 0 bridgehead atoms. The smallest absolute Gasteiger partial charge is 0.257 e. The van der Waals surface area contributed by atoms with Crippen LogP contribution in [0, 0.1) is 0 Å². The first kappa shape index (κ1) is 32.1. The van der Waals surface area contributed by atoms with Gasteiger partial charge in [0, 0.05) is 55.4 Å². The molecule has 3 heterocycles. The lowest BCUT2D eigenvalue weighted by Crippen LogP contribution is -2.59. The molecule has 0 fully saturated rings. The molecule has 266 valence electrons. The van der Waals surface area contributed by atoms with E-state index in [4.69, 9.17) is 4.74 Å². The number of hydrogen-bond acceptors (Lipinski definition) is 5. The molecule has 0 aliphatic carbocycles. The summed E-state index contributed by atoms with van der Waals surface area (Å²) in [5.41, 5.74) is 11.1. The molecule has 2 aliphatic rings. The van der Waals surface area contributed by atoms with Crippen LogP contribution in [0.2, 0.25) is 0 Å². The van der Waals surface area contributed by atoms with E-state index in [0.717, 1.165) is 51.1 Å². The first-order valence-electron chi connectivity index (χ1n) is 19.3. The van der Waals surface area contributed by atoms with Crippen LogP contribution in [0.3, 0.4) is 0 Å². The van der Waals surface area contributed by atoms with Crippen LogP contribution in [0.5, 0.6) is 11.5 Å². The van der Waals surface area contributed by atoms with Crippen LogP contribution >= 0.6 is 11.3 Å². The highest BCUT2D eigenvalue weighted by molar-refractivity contribution is 7.26. The Morgan fingerprint density at radius 3 is 2.02 bits per heavy atom. The van der Waals surface area contributed by atoms with Crippen molar-refractivity contribution in [3.8, 4) is 11.5 Å². The minimum atomic E-state index is -0.0594. The lowest BCUT2D eigenvalue weighted by molar-refractivity contribution is 0.487. The molecule has 0 N–H and O–H groups in total. The third kappa shape index (κ3) is 4.71. The molecule has 10 aromatic rings. The molecule has 9 aromatic carbocycles. The molecular weight excluding hydrogens is 713 g/mol. The Bertz CT molecular complexity index is 3270. The molecule has 0 atom stereocenters. The Labute approximate surface area is 334 Å². The number of ether oxygens (including phenoxy) is 1. The molecule has 1 aromatic heterocycles. The summed E-state index contributed by atoms with van der Waals surface area (Å²) in [6, 6.07) is 65.5. The summed E-state index contributed by atoms with van der Waals surface area (Å²) in [6.07, 6.45) is 0. The summed E-state index contributed by atoms with van der Waals surface area (Å²) >= 11 is 1.83. The van der Waals surface area contributed by atoms with Gasteiger partial charge in [-0.25, -0.2) is 0 Å². The third-order valence-corrected chi connectivity index (χ3v) is 13.0. The topological polar surface area (TPSA) is 28.1 Å². The van der Waals surface area contributed by atoms with Crippen LogP contribution in [0.4, 0.5) is 39.8 Å². The van der Waals surface area contributed by atoms with E-state index in [9.17, 15) is 0 Å². The van der Waals surface area contributed by atoms with E-state index in [1.165, 1.54) is 58.3 Å². The molecule has 0 saturated heterocycles. The second kappa shape index (κ2) is 12.4. The van der Waals surface area contributed by atoms with Crippen molar-refractivity contribution in [2.45, 2.75) is 0 Å². The van der Waals surface area contributed by atoms with Gasteiger partial charge in [-0.05, 0) is 106 Å². The molecule has 4 nitrogen and oxygen atoms in total. The zero-order valence-corrected chi connectivity index (χ0v) is 31.6. The zero-order chi connectivity index (χ0) is 37.6. The fraction of sp³-hybridized carbons (Fsp3) is 0. The number of benzene rings is 9. The first-order valence-corrected chi connectivity index (χ1v) is 20.1. The lowest BCUT2D eigenvalue weighted by Gasteiger charge is -2.41. The maximum absolute atomic E-state index is 7.08. The van der Waals surface area contributed by atoms with E-state index in [2.05, 4.69) is 191 Å². The SMILES string of the molecule is C=Nc1ccc(N(c2ccc3c(c2)Oc2cccc4c2B3c2c(c3ccccc3c3ccccc23)N4c2ccccc2)c2cccc3c2sc2ccccc23)cc1. The van der Waals surface area contributed by atoms with E-state index < -0.39 is 0 Å². The fourth-order valence-corrected chi connectivity index (χ4v) is 10.6. The Hall–Kier alpha value is -7.15. The summed E-state index contributed by atoms with van der Waals surface area (Å²) in [7, 11) is 0. The molecule has 0 unspecified atom stereocenters. The summed E-state index contributed by atoms with van der Waals surface area (Å²) in [5.74, 6) is 1.74. The molecular formula is C51H32BN3OS. The quantitative estimate of drug-likeness (QED) is 0.0998. The Balaban J connectivity index is 1.12. The van der Waals surface area contributed by atoms with Gasteiger partial charge in [0.25, 0.3) is 6.71 Å². The second-order valence-electron chi connectivity index (χ2n) is 14.7. The molecule has 0 spiro atoms. The molecule has 0 amide bonds. The number of fused-ring (bicyclic) bond motifs is 12. The predicted molar refractivity (Wildman–Crippen MR) is 244 cm³/mol. The van der Waals surface area contributed by atoms with Crippen LogP contribution in [0.25, 0.3) is 41.7 Å². The van der Waals surface area contributed by atoms with Crippen LogP contribution in [-0.2, 0) is 0 Å². The largest absolute Gasteiger partial charge is 0.458 e. The van der Waals surface area contributed by atoms with E-state index in [1.54, 1.807) is 0 Å². The van der Waals surface area contributed by atoms with E-state index in [0.29, 0.717) is 0 Å². The van der Waals surface area contributed by atoms with E-state index in [1.807, 2.05) is 23.5 Å². The normalized spacial score (nSPS) is 12.7. The second-order valence-corrected chi connectivity index (χ2v) is 15.8. The molecule has 0 saturated carbocycles. The molecule has 0 radical (unpaired) electrons. The van der Waals surface area contributed by atoms with Gasteiger partial charge in [0.05, 0.1) is 16.1 Å². The maximum Gasteiger partial charge on any atom is 0.257 e. The standard InChI is InChI=1S/C51H32BN3OS/c1-53-32-25-27-34(28-26-32)54(44-22-11-20-41-38-17-9-10-24-47(38)57-51(41)44)35-29-30-42-46(31-35)56-45-23-12-21-43-49(45)52(42)48-39-18-7-5-15-36(39)37-16-6-8-19-40(37)50(48)55(43)33-13-3-2-4-14-33/h2-31H,1H2. The number of hydrogen-bond donors (Lipinski definition) is 0. The molecule has 57 heavy (non-hydrogen) atoms. The van der Waals surface area contributed by atoms with Gasteiger partial charge < -0.3 is 14.5 Å². The van der Waals surface area contributed by atoms with Crippen molar-refractivity contribution in [3.63, 3.8) is 0 Å². The number of anilines is 6. The van der Waals surface area contributed by atoms with E-state index in [-0.39, 0.29) is 6.71 Å². The minimum Gasteiger partial charge on any atom is -0.458 e. The monoisotopic (exact) mass is 745 g/mol. The minimum absolute atomic E-state index is 0.0594. The van der Waals surface area contributed by atoms with Crippen LogP contribution in [0.15, 0.2) is 187 Å². The summed E-state index contributed by atoms with van der Waals surface area (Å²) in [5, 5.41) is 7.51. The highest BCUT2D eigenvalue weighted by Gasteiger charge is 2.43. The Kier molecular flexibility index (Phi) is 7.01. The number of para-hydroxylation sites is 1. The summed E-state index contributed by atoms with van der Waals surface area (Å²) in [4.78, 5) is 9.01. The van der Waals surface area contributed by atoms with Crippen LogP contribution < -0.4 is 30.9 Å². The Morgan fingerprint density at radius 1 is 0.544 bits per heavy atom. The van der Waals surface area contributed by atoms with Gasteiger partial charge in [-0.3, -0.25) is 4.99 Å². The van der Waals surface area contributed by atoms with Gasteiger partial charge in [-0.2, -0.15) is 0 Å². The van der Waals surface area contributed by atoms with Crippen LogP contribution in [-0.4, -0.2) is 13.4 Å². The number of aliphatic imine (C=N–C) groups is 1. The van der Waals surface area contributed by atoms with Crippen molar-refractivity contribution in [1.29, 1.82) is 0 Å². The van der Waals surface area contributed by atoms with Gasteiger partial charge in [0.2, 0.25) is 0 Å². The van der Waals surface area contributed by atoms with Gasteiger partial charge in [-0.1, -0.05) is 109 Å². The lowest BCUT2D eigenvalue weighted by atomic mass is 9.33. The number of nitrogens with zero attached hydrogens (tertiary/aromatic N) is 3. The highest BCUT2D eigenvalue weighted by atomic mass is 32.1. The summed E-state index contributed by atoms with van der Waals surface area (Å²) < 4.78 is 9.59. The average Bonchev–Trinajstić information content (AvgIpc) is 3.66. The van der Waals surface area contributed by atoms with Crippen molar-refractivity contribution in [2.75, 3.05) is 9.80 Å². The first-order chi connectivity index (χ1) is 28.2. The average molecular weight is 746 g/mol. The fourth-order valence-electron chi connectivity index (χ4n) is 9.36. The Morgan fingerprint density at radius 2 is 1.21 bits per heavy atom.